The van der Waals surface area contributed by atoms with Crippen LogP contribution in [0.1, 0.15) is 12.0 Å². The molecule has 1 aliphatic heterocycles. The van der Waals surface area contributed by atoms with Crippen molar-refractivity contribution in [1.82, 2.24) is 5.32 Å². The van der Waals surface area contributed by atoms with Gasteiger partial charge in [0, 0.05) is 13.2 Å². The minimum absolute atomic E-state index is 0.0685. The fourth-order valence-corrected chi connectivity index (χ4v) is 1.77. The summed E-state index contributed by atoms with van der Waals surface area (Å²) in [6.07, 6.45) is 0.453. The molecule has 0 spiro atoms. The Balaban J connectivity index is 1.82. The van der Waals surface area contributed by atoms with Gasteiger partial charge in [0.05, 0.1) is 18.8 Å². The molecule has 0 radical (unpaired) electrons. The minimum atomic E-state index is -0.275. The summed E-state index contributed by atoms with van der Waals surface area (Å²) in [6, 6.07) is 10.3. The van der Waals surface area contributed by atoms with Gasteiger partial charge in [-0.15, -0.1) is 0 Å². The second-order valence-corrected chi connectivity index (χ2v) is 3.90. The first kappa shape index (κ1) is 10.6. The first-order valence-corrected chi connectivity index (χ1v) is 5.39. The van der Waals surface area contributed by atoms with Crippen LogP contribution >= 0.6 is 0 Å². The van der Waals surface area contributed by atoms with Crippen molar-refractivity contribution in [1.29, 1.82) is 0 Å². The number of rotatable bonds is 3. The molecule has 82 valence electrons. The van der Waals surface area contributed by atoms with Gasteiger partial charge in [0.1, 0.15) is 0 Å². The van der Waals surface area contributed by atoms with Crippen LogP contribution in [-0.4, -0.2) is 30.5 Å². The molecule has 2 N–H and O–H groups in total. The maximum absolute atomic E-state index is 9.70. The number of hydrogen-bond acceptors (Lipinski definition) is 3. The molecular formula is C12H17NO2. The van der Waals surface area contributed by atoms with Crippen LogP contribution in [0.25, 0.3) is 0 Å². The van der Waals surface area contributed by atoms with Crippen molar-refractivity contribution in [2.75, 3.05) is 13.2 Å². The van der Waals surface area contributed by atoms with E-state index in [4.69, 9.17) is 4.74 Å². The van der Waals surface area contributed by atoms with Crippen molar-refractivity contribution < 1.29 is 9.84 Å². The molecule has 15 heavy (non-hydrogen) atoms. The van der Waals surface area contributed by atoms with Gasteiger partial charge < -0.3 is 15.2 Å². The topological polar surface area (TPSA) is 41.5 Å². The smallest absolute Gasteiger partial charge is 0.0737 e. The summed E-state index contributed by atoms with van der Waals surface area (Å²) in [7, 11) is 0. The molecule has 0 unspecified atom stereocenters. The molecular weight excluding hydrogens is 190 g/mol. The van der Waals surface area contributed by atoms with E-state index in [1.54, 1.807) is 0 Å². The van der Waals surface area contributed by atoms with Gasteiger partial charge in [0.2, 0.25) is 0 Å². The lowest BCUT2D eigenvalue weighted by molar-refractivity contribution is -0.0159. The quantitative estimate of drug-likeness (QED) is 0.774. The van der Waals surface area contributed by atoms with Gasteiger partial charge in [-0.05, 0) is 12.0 Å². The van der Waals surface area contributed by atoms with Gasteiger partial charge >= 0.3 is 0 Å². The van der Waals surface area contributed by atoms with E-state index in [1.165, 1.54) is 5.56 Å². The third-order valence-electron chi connectivity index (χ3n) is 2.73. The van der Waals surface area contributed by atoms with Crippen LogP contribution in [0.15, 0.2) is 30.3 Å². The summed E-state index contributed by atoms with van der Waals surface area (Å²) in [4.78, 5) is 0. The summed E-state index contributed by atoms with van der Waals surface area (Å²) in [6.45, 7) is 2.06. The van der Waals surface area contributed by atoms with Gasteiger partial charge in [0.25, 0.3) is 0 Å². The van der Waals surface area contributed by atoms with Crippen molar-refractivity contribution in [3.63, 3.8) is 0 Å². The fourth-order valence-electron chi connectivity index (χ4n) is 1.77. The first-order valence-electron chi connectivity index (χ1n) is 5.39. The normalized spacial score (nSPS) is 26.5. The second kappa shape index (κ2) is 5.26. The maximum atomic E-state index is 9.70. The van der Waals surface area contributed by atoms with Crippen LogP contribution in [-0.2, 0) is 11.3 Å². The Morgan fingerprint density at radius 1 is 1.33 bits per heavy atom. The second-order valence-electron chi connectivity index (χ2n) is 3.90. The zero-order valence-corrected chi connectivity index (χ0v) is 8.73. The lowest BCUT2D eigenvalue weighted by atomic mass is 10.1. The first-order chi connectivity index (χ1) is 7.36. The zero-order valence-electron chi connectivity index (χ0n) is 8.73. The number of aliphatic hydroxyl groups excluding tert-OH is 1. The van der Waals surface area contributed by atoms with Crippen LogP contribution in [0, 0.1) is 0 Å². The summed E-state index contributed by atoms with van der Waals surface area (Å²) >= 11 is 0. The highest BCUT2D eigenvalue weighted by molar-refractivity contribution is 5.14. The van der Waals surface area contributed by atoms with Gasteiger partial charge in [-0.3, -0.25) is 0 Å². The Hall–Kier alpha value is -0.900. The standard InChI is InChI=1S/C12H17NO2/c14-12-6-7-15-9-11(12)13-8-10-4-2-1-3-5-10/h1-5,11-14H,6-9H2/t11-,12+/m1/s1. The van der Waals surface area contributed by atoms with Crippen molar-refractivity contribution in [2.24, 2.45) is 0 Å². The molecule has 3 nitrogen and oxygen atoms in total. The molecule has 0 amide bonds. The number of aliphatic hydroxyl groups is 1. The average molecular weight is 207 g/mol. The predicted molar refractivity (Wildman–Crippen MR) is 58.5 cm³/mol. The van der Waals surface area contributed by atoms with Crippen LogP contribution in [0.4, 0.5) is 0 Å². The maximum Gasteiger partial charge on any atom is 0.0737 e. The summed E-state index contributed by atoms with van der Waals surface area (Å²) in [5.41, 5.74) is 1.23. The molecule has 1 saturated heterocycles. The highest BCUT2D eigenvalue weighted by Crippen LogP contribution is 2.08. The summed E-state index contributed by atoms with van der Waals surface area (Å²) in [5, 5.41) is 13.0. The van der Waals surface area contributed by atoms with Gasteiger partial charge in [-0.25, -0.2) is 0 Å². The average Bonchev–Trinajstić information content (AvgIpc) is 2.29. The van der Waals surface area contributed by atoms with Gasteiger partial charge in [0.15, 0.2) is 0 Å². The van der Waals surface area contributed by atoms with E-state index >= 15 is 0 Å². The molecule has 1 fully saturated rings. The lowest BCUT2D eigenvalue weighted by Gasteiger charge is -2.28. The third kappa shape index (κ3) is 3.02. The van der Waals surface area contributed by atoms with Crippen molar-refractivity contribution in [3.05, 3.63) is 35.9 Å². The van der Waals surface area contributed by atoms with Crippen LogP contribution in [0.5, 0.6) is 0 Å². The molecule has 3 heteroatoms. The third-order valence-corrected chi connectivity index (χ3v) is 2.73. The Kier molecular flexibility index (Phi) is 3.72. The van der Waals surface area contributed by atoms with E-state index in [9.17, 15) is 5.11 Å². The van der Waals surface area contributed by atoms with E-state index < -0.39 is 0 Å². The van der Waals surface area contributed by atoms with E-state index in [1.807, 2.05) is 18.2 Å². The van der Waals surface area contributed by atoms with E-state index in [2.05, 4.69) is 17.4 Å². The van der Waals surface area contributed by atoms with Gasteiger partial charge in [-0.2, -0.15) is 0 Å². The number of ether oxygens (including phenoxy) is 1. The largest absolute Gasteiger partial charge is 0.391 e. The number of hydrogen-bond donors (Lipinski definition) is 2. The van der Waals surface area contributed by atoms with E-state index in [-0.39, 0.29) is 12.1 Å². The predicted octanol–water partition coefficient (Wildman–Crippen LogP) is 0.926. The van der Waals surface area contributed by atoms with Crippen molar-refractivity contribution >= 4 is 0 Å². The molecule has 2 rings (SSSR count). The summed E-state index contributed by atoms with van der Waals surface area (Å²) in [5.74, 6) is 0. The molecule has 2 atom stereocenters. The minimum Gasteiger partial charge on any atom is -0.391 e. The summed E-state index contributed by atoms with van der Waals surface area (Å²) < 4.78 is 5.32. The number of benzene rings is 1. The molecule has 1 aliphatic rings. The van der Waals surface area contributed by atoms with E-state index in [0.717, 1.165) is 13.0 Å². The SMILES string of the molecule is O[C@H]1CCOC[C@H]1NCc1ccccc1. The Morgan fingerprint density at radius 2 is 2.13 bits per heavy atom. The Labute approximate surface area is 90.1 Å². The molecule has 0 saturated carbocycles. The monoisotopic (exact) mass is 207 g/mol. The van der Waals surface area contributed by atoms with E-state index in [0.29, 0.717) is 13.2 Å². The van der Waals surface area contributed by atoms with Crippen molar-refractivity contribution in [3.8, 4) is 0 Å². The van der Waals surface area contributed by atoms with Crippen LogP contribution in [0.3, 0.4) is 0 Å². The Bertz CT molecular complexity index is 289. The molecule has 0 bridgehead atoms. The zero-order chi connectivity index (χ0) is 10.5. The Morgan fingerprint density at radius 3 is 2.87 bits per heavy atom. The molecule has 1 heterocycles. The van der Waals surface area contributed by atoms with Crippen molar-refractivity contribution in [2.45, 2.75) is 25.1 Å². The highest BCUT2D eigenvalue weighted by atomic mass is 16.5. The molecule has 0 aliphatic carbocycles. The van der Waals surface area contributed by atoms with Crippen LogP contribution < -0.4 is 5.32 Å². The molecule has 1 aromatic carbocycles. The fraction of sp³-hybridized carbons (Fsp3) is 0.500. The van der Waals surface area contributed by atoms with Crippen LogP contribution in [0.2, 0.25) is 0 Å². The lowest BCUT2D eigenvalue weighted by Crippen LogP contribution is -2.46. The van der Waals surface area contributed by atoms with Gasteiger partial charge in [-0.1, -0.05) is 30.3 Å². The highest BCUT2D eigenvalue weighted by Gasteiger charge is 2.22. The molecule has 1 aromatic rings. The number of nitrogens with one attached hydrogen (secondary N) is 1. The molecule has 0 aromatic heterocycles.